The van der Waals surface area contributed by atoms with Gasteiger partial charge < -0.3 is 0 Å². The first kappa shape index (κ1) is 11.2. The van der Waals surface area contributed by atoms with Gasteiger partial charge in [-0.15, -0.1) is 0 Å². The Kier molecular flexibility index (Phi) is 3.37. The summed E-state index contributed by atoms with van der Waals surface area (Å²) in [6.45, 7) is 2.05. The van der Waals surface area contributed by atoms with Gasteiger partial charge in [0.25, 0.3) is 0 Å². The molecule has 0 spiro atoms. The van der Waals surface area contributed by atoms with Crippen molar-refractivity contribution < 1.29 is 0 Å². The number of allylic oxidation sites excluding steroid dienone is 1. The molecule has 82 valence electrons. The molecule has 0 aliphatic rings. The van der Waals surface area contributed by atoms with E-state index in [4.69, 9.17) is 0 Å². The molecule has 0 amide bonds. The molecule has 1 heteroatoms. The average molecular weight is 219 g/mol. The molecule has 0 saturated carbocycles. The summed E-state index contributed by atoms with van der Waals surface area (Å²) in [4.78, 5) is 0. The smallest absolute Gasteiger partial charge is 0.0998 e. The van der Waals surface area contributed by atoms with Crippen molar-refractivity contribution in [1.82, 2.24) is 0 Å². The van der Waals surface area contributed by atoms with Crippen LogP contribution in [0.5, 0.6) is 0 Å². The van der Waals surface area contributed by atoms with Gasteiger partial charge in [0.2, 0.25) is 0 Å². The predicted molar refractivity (Wildman–Crippen MR) is 71.1 cm³/mol. The normalized spacial score (nSPS) is 10.9. The van der Waals surface area contributed by atoms with Gasteiger partial charge in [-0.25, -0.2) is 0 Å². The van der Waals surface area contributed by atoms with Crippen LogP contribution in [-0.2, 0) is 0 Å². The molecule has 0 aromatic heterocycles. The first-order chi connectivity index (χ1) is 8.29. The van der Waals surface area contributed by atoms with Gasteiger partial charge >= 0.3 is 0 Å². The van der Waals surface area contributed by atoms with Gasteiger partial charge in [-0.3, -0.25) is 0 Å². The zero-order chi connectivity index (χ0) is 12.1. The molecule has 0 unspecified atom stereocenters. The van der Waals surface area contributed by atoms with Gasteiger partial charge in [-0.05, 0) is 24.1 Å². The van der Waals surface area contributed by atoms with Gasteiger partial charge in [0.1, 0.15) is 0 Å². The predicted octanol–water partition coefficient (Wildman–Crippen LogP) is 4.06. The fourth-order valence-electron chi connectivity index (χ4n) is 1.63. The standard InChI is InChI=1S/C16H13N/c1-13-7-9-14(10-8-13)11-16(12-17)15-5-3-2-4-6-15/h2-11H,1H3/b16-11-. The highest BCUT2D eigenvalue weighted by Gasteiger charge is 1.99. The number of benzene rings is 2. The van der Waals surface area contributed by atoms with Crippen LogP contribution in [0.4, 0.5) is 0 Å². The van der Waals surface area contributed by atoms with Gasteiger partial charge in [-0.2, -0.15) is 5.26 Å². The SMILES string of the molecule is Cc1ccc(/C=C(/C#N)c2ccccc2)cc1. The van der Waals surface area contributed by atoms with Crippen LogP contribution >= 0.6 is 0 Å². The van der Waals surface area contributed by atoms with Gasteiger partial charge in [0.15, 0.2) is 0 Å². The Labute approximate surface area is 102 Å². The second-order valence-corrected chi connectivity index (χ2v) is 3.95. The average Bonchev–Trinajstić information content (AvgIpc) is 2.39. The molecular weight excluding hydrogens is 206 g/mol. The van der Waals surface area contributed by atoms with Crippen molar-refractivity contribution in [2.75, 3.05) is 0 Å². The lowest BCUT2D eigenvalue weighted by Gasteiger charge is -1.99. The Balaban J connectivity index is 2.37. The molecule has 0 aliphatic heterocycles. The molecule has 17 heavy (non-hydrogen) atoms. The van der Waals surface area contributed by atoms with Crippen molar-refractivity contribution in [2.45, 2.75) is 6.92 Å². The van der Waals surface area contributed by atoms with Crippen LogP contribution in [0, 0.1) is 18.3 Å². The van der Waals surface area contributed by atoms with E-state index in [0.717, 1.165) is 11.1 Å². The molecular formula is C16H13N. The molecule has 0 heterocycles. The molecule has 0 radical (unpaired) electrons. The first-order valence-electron chi connectivity index (χ1n) is 5.53. The Hall–Kier alpha value is -2.33. The van der Waals surface area contributed by atoms with Crippen molar-refractivity contribution >= 4 is 11.6 Å². The van der Waals surface area contributed by atoms with Crippen LogP contribution in [0.1, 0.15) is 16.7 Å². The second-order valence-electron chi connectivity index (χ2n) is 3.95. The molecule has 2 aromatic rings. The summed E-state index contributed by atoms with van der Waals surface area (Å²) in [7, 11) is 0. The molecule has 0 atom stereocenters. The minimum absolute atomic E-state index is 0.689. The summed E-state index contributed by atoms with van der Waals surface area (Å²) in [6, 6.07) is 20.1. The number of hydrogen-bond acceptors (Lipinski definition) is 1. The lowest BCUT2D eigenvalue weighted by Crippen LogP contribution is -1.81. The second kappa shape index (κ2) is 5.14. The van der Waals surface area contributed by atoms with Crippen LogP contribution in [0.15, 0.2) is 54.6 Å². The minimum Gasteiger partial charge on any atom is -0.192 e. The maximum Gasteiger partial charge on any atom is 0.0998 e. The fraction of sp³-hybridized carbons (Fsp3) is 0.0625. The van der Waals surface area contributed by atoms with Crippen LogP contribution < -0.4 is 0 Å². The van der Waals surface area contributed by atoms with E-state index >= 15 is 0 Å². The number of hydrogen-bond donors (Lipinski definition) is 0. The summed E-state index contributed by atoms with van der Waals surface area (Å²) >= 11 is 0. The van der Waals surface area contributed by atoms with Gasteiger partial charge in [0, 0.05) is 0 Å². The van der Waals surface area contributed by atoms with Crippen LogP contribution in [0.2, 0.25) is 0 Å². The fourth-order valence-corrected chi connectivity index (χ4v) is 1.63. The van der Waals surface area contributed by atoms with Crippen molar-refractivity contribution in [3.63, 3.8) is 0 Å². The summed E-state index contributed by atoms with van der Waals surface area (Å²) in [6.07, 6.45) is 1.91. The summed E-state index contributed by atoms with van der Waals surface area (Å²) in [5.74, 6) is 0. The molecule has 1 nitrogen and oxygen atoms in total. The van der Waals surface area contributed by atoms with Crippen LogP contribution in [0.25, 0.3) is 11.6 Å². The Morgan fingerprint density at radius 2 is 1.65 bits per heavy atom. The van der Waals surface area contributed by atoms with E-state index < -0.39 is 0 Å². The molecule has 0 bridgehead atoms. The summed E-state index contributed by atoms with van der Waals surface area (Å²) < 4.78 is 0. The highest BCUT2D eigenvalue weighted by molar-refractivity contribution is 5.89. The Morgan fingerprint density at radius 1 is 1.00 bits per heavy atom. The highest BCUT2D eigenvalue weighted by Crippen LogP contribution is 2.17. The molecule has 2 rings (SSSR count). The van der Waals surface area contributed by atoms with Crippen molar-refractivity contribution in [2.24, 2.45) is 0 Å². The monoisotopic (exact) mass is 219 g/mol. The van der Waals surface area contributed by atoms with Gasteiger partial charge in [0.05, 0.1) is 11.6 Å². The molecule has 0 N–H and O–H groups in total. The van der Waals surface area contributed by atoms with Crippen molar-refractivity contribution in [1.29, 1.82) is 5.26 Å². The largest absolute Gasteiger partial charge is 0.192 e. The maximum atomic E-state index is 9.18. The van der Waals surface area contributed by atoms with E-state index in [1.165, 1.54) is 5.56 Å². The number of nitrogens with zero attached hydrogens (tertiary/aromatic N) is 1. The maximum absolute atomic E-state index is 9.18. The molecule has 0 aliphatic carbocycles. The third-order valence-corrected chi connectivity index (χ3v) is 2.59. The highest BCUT2D eigenvalue weighted by atomic mass is 14.2. The zero-order valence-electron chi connectivity index (χ0n) is 9.72. The molecule has 0 saturated heterocycles. The topological polar surface area (TPSA) is 23.8 Å². The van der Waals surface area contributed by atoms with E-state index in [1.807, 2.05) is 60.7 Å². The zero-order valence-corrected chi connectivity index (χ0v) is 9.72. The first-order valence-corrected chi connectivity index (χ1v) is 5.53. The summed E-state index contributed by atoms with van der Waals surface area (Å²) in [5.41, 5.74) is 3.92. The van der Waals surface area contributed by atoms with Gasteiger partial charge in [-0.1, -0.05) is 60.2 Å². The number of rotatable bonds is 2. The van der Waals surface area contributed by atoms with E-state index in [0.29, 0.717) is 5.57 Å². The van der Waals surface area contributed by atoms with E-state index in [2.05, 4.69) is 13.0 Å². The minimum atomic E-state index is 0.689. The van der Waals surface area contributed by atoms with E-state index in [9.17, 15) is 5.26 Å². The van der Waals surface area contributed by atoms with Crippen molar-refractivity contribution in [3.05, 3.63) is 71.3 Å². The summed E-state index contributed by atoms with van der Waals surface area (Å²) in [5, 5.41) is 9.18. The van der Waals surface area contributed by atoms with Crippen molar-refractivity contribution in [3.8, 4) is 6.07 Å². The van der Waals surface area contributed by atoms with E-state index in [-0.39, 0.29) is 0 Å². The lowest BCUT2D eigenvalue weighted by molar-refractivity contribution is 1.46. The lowest BCUT2D eigenvalue weighted by atomic mass is 10.0. The Morgan fingerprint density at radius 3 is 2.24 bits per heavy atom. The molecule has 0 fully saturated rings. The third-order valence-electron chi connectivity index (χ3n) is 2.59. The third kappa shape index (κ3) is 2.83. The van der Waals surface area contributed by atoms with Crippen LogP contribution in [-0.4, -0.2) is 0 Å². The Bertz CT molecular complexity index is 557. The number of aryl methyl sites for hydroxylation is 1. The van der Waals surface area contributed by atoms with Crippen LogP contribution in [0.3, 0.4) is 0 Å². The quantitative estimate of drug-likeness (QED) is 0.552. The number of nitriles is 1. The molecule has 2 aromatic carbocycles. The van der Waals surface area contributed by atoms with E-state index in [1.54, 1.807) is 0 Å².